The minimum Gasteiger partial charge on any atom is -0.493 e. The molecule has 178 valence electrons. The van der Waals surface area contributed by atoms with E-state index < -0.39 is 6.36 Å². The maximum atomic E-state index is 12.6. The molecule has 34 heavy (non-hydrogen) atoms. The fraction of sp³-hybridized carbons (Fsp3) is 0.250. The first-order valence-corrected chi connectivity index (χ1v) is 11.1. The molecule has 2 heterocycles. The average molecular weight is 490 g/mol. The number of rotatable bonds is 7. The minimum absolute atomic E-state index is 0.126. The number of fused-ring (bicyclic) bond motifs is 1. The van der Waals surface area contributed by atoms with Crippen LogP contribution in [-0.2, 0) is 0 Å². The first-order valence-electron chi connectivity index (χ1n) is 10.3. The van der Waals surface area contributed by atoms with Gasteiger partial charge in [0.1, 0.15) is 17.4 Å². The maximum Gasteiger partial charge on any atom is 0.573 e. The molecule has 6 nitrogen and oxygen atoms in total. The molecule has 0 aliphatic carbocycles. The molecule has 0 fully saturated rings. The topological polar surface area (TPSA) is 65.5 Å². The summed E-state index contributed by atoms with van der Waals surface area (Å²) < 4.78 is 52.6. The summed E-state index contributed by atoms with van der Waals surface area (Å²) in [5.74, 6) is 2.14. The lowest BCUT2D eigenvalue weighted by Crippen LogP contribution is -2.17. The molecule has 0 saturated carbocycles. The Morgan fingerprint density at radius 2 is 1.71 bits per heavy atom. The molecule has 0 saturated heterocycles. The summed E-state index contributed by atoms with van der Waals surface area (Å²) in [5.41, 5.74) is 1.36. The summed E-state index contributed by atoms with van der Waals surface area (Å²) in [6.45, 7) is 3.80. The molecule has 4 rings (SSSR count). The van der Waals surface area contributed by atoms with Crippen LogP contribution in [0.2, 0.25) is 0 Å². The van der Waals surface area contributed by atoms with E-state index in [2.05, 4.69) is 20.0 Å². The number of thiophene rings is 1. The van der Waals surface area contributed by atoms with Gasteiger partial charge in [-0.2, -0.15) is 0 Å². The Morgan fingerprint density at radius 1 is 0.971 bits per heavy atom. The van der Waals surface area contributed by atoms with Gasteiger partial charge in [-0.25, -0.2) is 9.97 Å². The number of nitrogens with one attached hydrogen (secondary N) is 1. The highest BCUT2D eigenvalue weighted by atomic mass is 32.1. The summed E-state index contributed by atoms with van der Waals surface area (Å²) in [6.07, 6.45) is -4.73. The van der Waals surface area contributed by atoms with Crippen molar-refractivity contribution in [2.75, 3.05) is 19.5 Å². The van der Waals surface area contributed by atoms with Crippen molar-refractivity contribution >= 4 is 28.1 Å². The van der Waals surface area contributed by atoms with Crippen LogP contribution in [0.25, 0.3) is 21.3 Å². The molecule has 2 aromatic carbocycles. The number of aryl methyl sites for hydroxylation is 1. The second kappa shape index (κ2) is 9.38. The predicted molar refractivity (Wildman–Crippen MR) is 126 cm³/mol. The van der Waals surface area contributed by atoms with Crippen LogP contribution >= 0.6 is 11.3 Å². The van der Waals surface area contributed by atoms with Crippen LogP contribution in [0, 0.1) is 6.92 Å². The number of benzene rings is 2. The molecule has 2 aromatic heterocycles. The number of alkyl halides is 3. The molecule has 10 heteroatoms. The van der Waals surface area contributed by atoms with E-state index in [-0.39, 0.29) is 11.8 Å². The Labute approximate surface area is 198 Å². The molecule has 1 N–H and O–H groups in total. The summed E-state index contributed by atoms with van der Waals surface area (Å²) in [4.78, 5) is 10.9. The van der Waals surface area contributed by atoms with Crippen molar-refractivity contribution in [1.29, 1.82) is 0 Å². The summed E-state index contributed by atoms with van der Waals surface area (Å²) in [7, 11) is 3.13. The van der Waals surface area contributed by atoms with Crippen molar-refractivity contribution in [3.63, 3.8) is 0 Å². The molecule has 0 radical (unpaired) electrons. The highest BCUT2D eigenvalue weighted by molar-refractivity contribution is 7.15. The molecule has 1 atom stereocenters. The van der Waals surface area contributed by atoms with Gasteiger partial charge in [0.2, 0.25) is 0 Å². The monoisotopic (exact) mass is 489 g/mol. The number of anilines is 1. The van der Waals surface area contributed by atoms with Gasteiger partial charge in [-0.1, -0.05) is 12.1 Å². The predicted octanol–water partition coefficient (Wildman–Crippen LogP) is 6.76. The lowest BCUT2D eigenvalue weighted by molar-refractivity contribution is -0.274. The maximum absolute atomic E-state index is 12.6. The normalized spacial score (nSPS) is 12.4. The number of ether oxygens (including phenoxy) is 3. The molecule has 0 aliphatic heterocycles. The van der Waals surface area contributed by atoms with Crippen LogP contribution in [0.3, 0.4) is 0 Å². The average Bonchev–Trinajstić information content (AvgIpc) is 3.28. The fourth-order valence-corrected chi connectivity index (χ4v) is 4.55. The molecule has 4 aromatic rings. The van der Waals surface area contributed by atoms with Crippen molar-refractivity contribution in [2.45, 2.75) is 26.3 Å². The van der Waals surface area contributed by atoms with Gasteiger partial charge in [-0.15, -0.1) is 24.5 Å². The van der Waals surface area contributed by atoms with Crippen LogP contribution in [0.15, 0.2) is 48.5 Å². The Hall–Kier alpha value is -3.53. The number of halogens is 3. The van der Waals surface area contributed by atoms with Crippen LogP contribution in [0.4, 0.5) is 19.0 Å². The first kappa shape index (κ1) is 23.6. The third-order valence-electron chi connectivity index (χ3n) is 5.07. The lowest BCUT2D eigenvalue weighted by atomic mass is 10.1. The Kier molecular flexibility index (Phi) is 6.52. The van der Waals surface area contributed by atoms with E-state index >= 15 is 0 Å². The lowest BCUT2D eigenvalue weighted by Gasteiger charge is -2.16. The highest BCUT2D eigenvalue weighted by Gasteiger charge is 2.31. The summed E-state index contributed by atoms with van der Waals surface area (Å²) >= 11 is 1.48. The molecule has 0 aliphatic rings. The van der Waals surface area contributed by atoms with E-state index in [9.17, 15) is 13.2 Å². The third kappa shape index (κ3) is 5.17. The molecular formula is C24H22F3N3O3S. The highest BCUT2D eigenvalue weighted by Crippen LogP contribution is 2.37. The largest absolute Gasteiger partial charge is 0.573 e. The Morgan fingerprint density at radius 3 is 2.41 bits per heavy atom. The SMILES string of the molecule is COc1cc2nc(C)nc(NC(C)c3ccc(-c4cccc(OC(F)(F)F)c4)s3)c2cc1OC. The van der Waals surface area contributed by atoms with E-state index in [1.54, 1.807) is 26.4 Å². The first-order chi connectivity index (χ1) is 16.2. The van der Waals surface area contributed by atoms with Crippen LogP contribution in [-0.4, -0.2) is 30.5 Å². The molecule has 0 amide bonds. The Balaban J connectivity index is 1.61. The zero-order chi connectivity index (χ0) is 24.5. The van der Waals surface area contributed by atoms with Crippen molar-refractivity contribution in [3.05, 3.63) is 59.2 Å². The van der Waals surface area contributed by atoms with Crippen LogP contribution < -0.4 is 19.5 Å². The summed E-state index contributed by atoms with van der Waals surface area (Å²) in [6, 6.07) is 13.3. The van der Waals surface area contributed by atoms with E-state index in [0.717, 1.165) is 15.1 Å². The standard InChI is InChI=1S/C24H22F3N3O3S/c1-13(21-8-9-22(34-21)15-6-5-7-16(10-15)33-24(25,26)27)28-23-17-11-19(31-3)20(32-4)12-18(17)29-14(2)30-23/h5-13H,1-4H3,(H,28,29,30). The molecule has 0 bridgehead atoms. The third-order valence-corrected chi connectivity index (χ3v) is 6.39. The Bertz CT molecular complexity index is 1320. The van der Waals surface area contributed by atoms with Crippen molar-refractivity contribution in [1.82, 2.24) is 9.97 Å². The number of nitrogens with zero attached hydrogens (tertiary/aromatic N) is 2. The van der Waals surface area contributed by atoms with E-state index in [1.807, 2.05) is 32.0 Å². The number of hydrogen-bond donors (Lipinski definition) is 1. The van der Waals surface area contributed by atoms with Gasteiger partial charge in [-0.3, -0.25) is 0 Å². The van der Waals surface area contributed by atoms with Gasteiger partial charge in [0.05, 0.1) is 25.8 Å². The van der Waals surface area contributed by atoms with E-state index in [1.165, 1.54) is 29.5 Å². The van der Waals surface area contributed by atoms with Gasteiger partial charge >= 0.3 is 6.36 Å². The molecule has 0 spiro atoms. The minimum atomic E-state index is -4.73. The quantitative estimate of drug-likeness (QED) is 0.310. The number of methoxy groups -OCH3 is 2. The smallest absolute Gasteiger partial charge is 0.493 e. The molecular weight excluding hydrogens is 467 g/mol. The second-order valence-electron chi connectivity index (χ2n) is 7.49. The zero-order valence-electron chi connectivity index (χ0n) is 18.9. The fourth-order valence-electron chi connectivity index (χ4n) is 3.55. The van der Waals surface area contributed by atoms with E-state index in [4.69, 9.17) is 9.47 Å². The van der Waals surface area contributed by atoms with E-state index in [0.29, 0.717) is 34.2 Å². The van der Waals surface area contributed by atoms with Crippen LogP contribution in [0.1, 0.15) is 23.7 Å². The van der Waals surface area contributed by atoms with Gasteiger partial charge in [-0.05, 0) is 49.7 Å². The number of hydrogen-bond acceptors (Lipinski definition) is 7. The van der Waals surface area contributed by atoms with Gasteiger partial charge in [0.15, 0.2) is 11.5 Å². The summed E-state index contributed by atoms with van der Waals surface area (Å²) in [5, 5.41) is 4.21. The van der Waals surface area contributed by atoms with Crippen molar-refractivity contribution in [3.8, 4) is 27.7 Å². The van der Waals surface area contributed by atoms with Gasteiger partial charge < -0.3 is 19.5 Å². The second-order valence-corrected chi connectivity index (χ2v) is 8.60. The van der Waals surface area contributed by atoms with Crippen LogP contribution in [0.5, 0.6) is 17.2 Å². The zero-order valence-corrected chi connectivity index (χ0v) is 19.7. The molecule has 1 unspecified atom stereocenters. The van der Waals surface area contributed by atoms with Gasteiger partial charge in [0.25, 0.3) is 0 Å². The van der Waals surface area contributed by atoms with Crippen molar-refractivity contribution < 1.29 is 27.4 Å². The number of aromatic nitrogens is 2. The van der Waals surface area contributed by atoms with Gasteiger partial charge in [0, 0.05) is 21.2 Å². The van der Waals surface area contributed by atoms with Crippen molar-refractivity contribution in [2.24, 2.45) is 0 Å².